The molecule has 1 aromatic carbocycles. The number of aryl methyl sites for hydroxylation is 1. The van der Waals surface area contributed by atoms with Gasteiger partial charge in [-0.1, -0.05) is 23.8 Å². The minimum atomic E-state index is -0.632. The third kappa shape index (κ3) is 3.53. The van der Waals surface area contributed by atoms with Crippen molar-refractivity contribution < 1.29 is 9.84 Å². The monoisotopic (exact) mass is 451 g/mol. The summed E-state index contributed by atoms with van der Waals surface area (Å²) < 4.78 is 10.0. The predicted octanol–water partition coefficient (Wildman–Crippen LogP) is 1.32. The minimum Gasteiger partial charge on any atom is -0.497 e. The van der Waals surface area contributed by atoms with Crippen LogP contribution in [0.5, 0.6) is 11.6 Å². The maximum absolute atomic E-state index is 13.5. The number of ether oxygens (including phenoxy) is 1. The first-order valence-electron chi connectivity index (χ1n) is 10.3. The molecule has 3 aromatic heterocycles. The molecule has 0 atom stereocenters. The number of benzene rings is 1. The van der Waals surface area contributed by atoms with Gasteiger partial charge in [0.1, 0.15) is 5.75 Å². The first-order chi connectivity index (χ1) is 15.6. The van der Waals surface area contributed by atoms with E-state index in [1.807, 2.05) is 32.1 Å². The molecule has 0 spiro atoms. The van der Waals surface area contributed by atoms with Gasteiger partial charge in [-0.2, -0.15) is 4.98 Å². The van der Waals surface area contributed by atoms with Gasteiger partial charge in [0.05, 0.1) is 19.2 Å². The summed E-state index contributed by atoms with van der Waals surface area (Å²) in [5, 5.41) is 11.1. The number of hydrogen-bond donors (Lipinski definition) is 1. The van der Waals surface area contributed by atoms with Crippen LogP contribution in [0.25, 0.3) is 16.9 Å². The number of aromatic hydroxyl groups is 1. The fourth-order valence-corrected chi connectivity index (χ4v) is 3.79. The molecule has 0 aliphatic carbocycles. The molecular weight excluding hydrogens is 426 g/mol. The lowest BCUT2D eigenvalue weighted by atomic mass is 10.1. The lowest BCUT2D eigenvalue weighted by Crippen LogP contribution is -2.38. The third-order valence-electron chi connectivity index (χ3n) is 5.68. The third-order valence-corrected chi connectivity index (χ3v) is 5.68. The van der Waals surface area contributed by atoms with Crippen LogP contribution in [0.4, 0.5) is 0 Å². The number of methoxy groups -OCH3 is 1. The molecule has 0 radical (unpaired) electrons. The van der Waals surface area contributed by atoms with E-state index in [4.69, 9.17) is 4.74 Å². The largest absolute Gasteiger partial charge is 0.497 e. The summed E-state index contributed by atoms with van der Waals surface area (Å²) in [6, 6.07) is 7.25. The van der Waals surface area contributed by atoms with Crippen molar-refractivity contribution in [3.8, 4) is 11.6 Å². The van der Waals surface area contributed by atoms with Crippen molar-refractivity contribution >= 4 is 16.9 Å². The van der Waals surface area contributed by atoms with Gasteiger partial charge >= 0.3 is 5.69 Å². The topological polar surface area (TPSA) is 113 Å². The maximum Gasteiger partial charge on any atom is 0.332 e. The fraction of sp³-hybridized carbons (Fsp3) is 0.304. The molecule has 0 fully saturated rings. The highest BCUT2D eigenvalue weighted by atomic mass is 16.5. The lowest BCUT2D eigenvalue weighted by molar-refractivity contribution is 0.411. The molecule has 1 N–H and O–H groups in total. The summed E-state index contributed by atoms with van der Waals surface area (Å²) in [6.45, 7) is 3.96. The quantitative estimate of drug-likeness (QED) is 0.458. The highest BCUT2D eigenvalue weighted by Crippen LogP contribution is 2.23. The molecule has 172 valence electrons. The number of rotatable bonds is 5. The Hall–Kier alpha value is -4.08. The standard InChI is InChI=1S/C23H25N5O5/c1-13(2)6-11-16-19(29)27(12-14-7-9-15(33-5)10-8-14)22-24-18-17(28(22)20(16)30)21(31)26(4)23(32)25(18)3/h6-10,29H,11-12H2,1-5H3. The van der Waals surface area contributed by atoms with Gasteiger partial charge in [0.15, 0.2) is 11.2 Å². The van der Waals surface area contributed by atoms with E-state index in [0.29, 0.717) is 5.75 Å². The van der Waals surface area contributed by atoms with E-state index < -0.39 is 16.8 Å². The van der Waals surface area contributed by atoms with Crippen molar-refractivity contribution in [2.75, 3.05) is 7.11 Å². The van der Waals surface area contributed by atoms with Gasteiger partial charge in [-0.25, -0.2) is 9.20 Å². The Morgan fingerprint density at radius 3 is 2.33 bits per heavy atom. The summed E-state index contributed by atoms with van der Waals surface area (Å²) in [6.07, 6.45) is 2.00. The van der Waals surface area contributed by atoms with E-state index in [1.165, 1.54) is 27.6 Å². The zero-order valence-electron chi connectivity index (χ0n) is 19.1. The van der Waals surface area contributed by atoms with Crippen LogP contribution < -0.4 is 21.5 Å². The molecule has 4 aromatic rings. The molecule has 10 nitrogen and oxygen atoms in total. The van der Waals surface area contributed by atoms with Crippen LogP contribution in [0.15, 0.2) is 50.3 Å². The molecule has 0 bridgehead atoms. The molecule has 0 unspecified atom stereocenters. The van der Waals surface area contributed by atoms with E-state index in [-0.39, 0.29) is 41.4 Å². The molecule has 0 aliphatic rings. The number of hydrogen-bond acceptors (Lipinski definition) is 6. The molecule has 0 saturated heterocycles. The predicted molar refractivity (Wildman–Crippen MR) is 124 cm³/mol. The lowest BCUT2D eigenvalue weighted by Gasteiger charge is -2.14. The summed E-state index contributed by atoms with van der Waals surface area (Å²) in [7, 11) is 4.41. The van der Waals surface area contributed by atoms with E-state index in [9.17, 15) is 19.5 Å². The highest BCUT2D eigenvalue weighted by molar-refractivity contribution is 5.75. The number of aromatic nitrogens is 5. The summed E-state index contributed by atoms with van der Waals surface area (Å²) in [4.78, 5) is 43.3. The molecule has 4 rings (SSSR count). The summed E-state index contributed by atoms with van der Waals surface area (Å²) in [5.74, 6) is 0.517. The zero-order valence-corrected chi connectivity index (χ0v) is 19.1. The molecule has 3 heterocycles. The van der Waals surface area contributed by atoms with Crippen LogP contribution in [0.2, 0.25) is 0 Å². The Kier molecular flexibility index (Phi) is 5.44. The van der Waals surface area contributed by atoms with Gasteiger partial charge in [-0.15, -0.1) is 0 Å². The summed E-state index contributed by atoms with van der Waals surface area (Å²) >= 11 is 0. The minimum absolute atomic E-state index is 0.0125. The van der Waals surface area contributed by atoms with Gasteiger partial charge < -0.3 is 9.84 Å². The first-order valence-corrected chi connectivity index (χ1v) is 10.3. The SMILES string of the molecule is COc1ccc(Cn2c(O)c(CC=C(C)C)c(=O)n3c4c(=O)n(C)c(=O)n(C)c4nc23)cc1. The van der Waals surface area contributed by atoms with Gasteiger partial charge in [0.2, 0.25) is 11.7 Å². The first kappa shape index (κ1) is 22.1. The Labute approximate surface area is 188 Å². The number of fused-ring (bicyclic) bond motifs is 3. The second-order valence-corrected chi connectivity index (χ2v) is 8.15. The van der Waals surface area contributed by atoms with Crippen molar-refractivity contribution in [3.05, 3.63) is 78.2 Å². The van der Waals surface area contributed by atoms with Crippen LogP contribution >= 0.6 is 0 Å². The second-order valence-electron chi connectivity index (χ2n) is 8.15. The number of nitrogens with zero attached hydrogens (tertiary/aromatic N) is 5. The average molecular weight is 451 g/mol. The highest BCUT2D eigenvalue weighted by Gasteiger charge is 2.23. The van der Waals surface area contributed by atoms with Crippen molar-refractivity contribution in [2.24, 2.45) is 14.1 Å². The summed E-state index contributed by atoms with van der Waals surface area (Å²) in [5.41, 5.74) is 0.246. The Morgan fingerprint density at radius 1 is 1.06 bits per heavy atom. The van der Waals surface area contributed by atoms with Crippen LogP contribution in [0.1, 0.15) is 25.0 Å². The Bertz CT molecular complexity index is 1600. The molecule has 10 heteroatoms. The van der Waals surface area contributed by atoms with Gasteiger partial charge in [0.25, 0.3) is 11.1 Å². The molecule has 33 heavy (non-hydrogen) atoms. The smallest absolute Gasteiger partial charge is 0.332 e. The van der Waals surface area contributed by atoms with Crippen LogP contribution in [-0.2, 0) is 27.1 Å². The van der Waals surface area contributed by atoms with Crippen molar-refractivity contribution in [3.63, 3.8) is 0 Å². The van der Waals surface area contributed by atoms with E-state index in [2.05, 4.69) is 4.98 Å². The second kappa shape index (κ2) is 8.12. The number of imidazole rings is 1. The Morgan fingerprint density at radius 2 is 1.73 bits per heavy atom. The van der Waals surface area contributed by atoms with E-state index >= 15 is 0 Å². The van der Waals surface area contributed by atoms with Crippen molar-refractivity contribution in [1.82, 2.24) is 23.1 Å². The zero-order chi connectivity index (χ0) is 24.0. The molecular formula is C23H25N5O5. The van der Waals surface area contributed by atoms with E-state index in [0.717, 1.165) is 15.7 Å². The normalized spacial score (nSPS) is 11.3. The molecule has 0 saturated carbocycles. The van der Waals surface area contributed by atoms with Gasteiger partial charge in [-0.05, 0) is 31.5 Å². The molecule has 0 aliphatic heterocycles. The van der Waals surface area contributed by atoms with Crippen molar-refractivity contribution in [2.45, 2.75) is 26.8 Å². The van der Waals surface area contributed by atoms with Crippen molar-refractivity contribution in [1.29, 1.82) is 0 Å². The van der Waals surface area contributed by atoms with Crippen LogP contribution in [0, 0.1) is 0 Å². The van der Waals surface area contributed by atoms with Crippen LogP contribution in [-0.4, -0.2) is 35.3 Å². The molecule has 0 amide bonds. The van der Waals surface area contributed by atoms with Gasteiger partial charge in [-0.3, -0.25) is 23.3 Å². The fourth-order valence-electron chi connectivity index (χ4n) is 3.79. The van der Waals surface area contributed by atoms with Gasteiger partial charge in [0, 0.05) is 20.5 Å². The maximum atomic E-state index is 13.5. The average Bonchev–Trinajstić information content (AvgIpc) is 3.20. The van der Waals surface area contributed by atoms with E-state index in [1.54, 1.807) is 19.2 Å². The van der Waals surface area contributed by atoms with Crippen LogP contribution in [0.3, 0.4) is 0 Å². The Balaban J connectivity index is 2.12. The number of allylic oxidation sites excluding steroid dienone is 2.